The van der Waals surface area contributed by atoms with Crippen molar-refractivity contribution in [3.63, 3.8) is 0 Å². The summed E-state index contributed by atoms with van der Waals surface area (Å²) >= 11 is 0. The molecule has 1 aliphatic carbocycles. The van der Waals surface area contributed by atoms with Crippen molar-refractivity contribution in [1.29, 1.82) is 0 Å². The predicted octanol–water partition coefficient (Wildman–Crippen LogP) is 3.44. The van der Waals surface area contributed by atoms with E-state index in [0.29, 0.717) is 30.1 Å². The van der Waals surface area contributed by atoms with E-state index in [9.17, 15) is 9.59 Å². The Balaban J connectivity index is 1.41. The van der Waals surface area contributed by atoms with E-state index < -0.39 is 0 Å². The third kappa shape index (κ3) is 4.45. The van der Waals surface area contributed by atoms with Crippen LogP contribution in [0.25, 0.3) is 11.0 Å². The Morgan fingerprint density at radius 3 is 2.72 bits per heavy atom. The molecule has 1 aromatic heterocycles. The van der Waals surface area contributed by atoms with Gasteiger partial charge in [-0.15, -0.1) is 5.10 Å². The van der Waals surface area contributed by atoms with E-state index in [2.05, 4.69) is 20.9 Å². The highest BCUT2D eigenvalue weighted by Gasteiger charge is 2.17. The second-order valence-corrected chi connectivity index (χ2v) is 7.58. The standard InChI is InChI=1S/C22H25N5O2/c1-15-6-2-5-9-18(15)24-22(29)16-10-11-20-19(14-16)25-26-27(20)13-12-21(28)23-17-7-3-4-8-17/h2,5-6,9-11,14,17H,3-4,7-8,12-13H2,1H3,(H,23,28)(H,24,29). The second kappa shape index (κ2) is 8.43. The van der Waals surface area contributed by atoms with Gasteiger partial charge in [0, 0.05) is 23.7 Å². The maximum atomic E-state index is 12.6. The molecule has 0 atom stereocenters. The number of carbonyl (C=O) groups is 2. The Morgan fingerprint density at radius 2 is 1.93 bits per heavy atom. The SMILES string of the molecule is Cc1ccccc1NC(=O)c1ccc2c(c1)nnn2CCC(=O)NC1CCCC1. The van der Waals surface area contributed by atoms with E-state index >= 15 is 0 Å². The van der Waals surface area contributed by atoms with Crippen LogP contribution < -0.4 is 10.6 Å². The van der Waals surface area contributed by atoms with Gasteiger partial charge in [-0.2, -0.15) is 0 Å². The average Bonchev–Trinajstić information content (AvgIpc) is 3.37. The molecule has 0 spiro atoms. The lowest BCUT2D eigenvalue weighted by molar-refractivity contribution is -0.122. The number of rotatable bonds is 6. The molecule has 0 unspecified atom stereocenters. The number of fused-ring (bicyclic) bond motifs is 1. The molecular weight excluding hydrogens is 366 g/mol. The lowest BCUT2D eigenvalue weighted by Crippen LogP contribution is -2.33. The number of nitrogens with zero attached hydrogens (tertiary/aromatic N) is 3. The quantitative estimate of drug-likeness (QED) is 0.674. The van der Waals surface area contributed by atoms with E-state index in [4.69, 9.17) is 0 Å². The maximum Gasteiger partial charge on any atom is 0.255 e. The zero-order valence-corrected chi connectivity index (χ0v) is 16.5. The van der Waals surface area contributed by atoms with Crippen LogP contribution in [0.2, 0.25) is 0 Å². The molecule has 1 fully saturated rings. The van der Waals surface area contributed by atoms with Crippen LogP contribution in [-0.4, -0.2) is 32.9 Å². The van der Waals surface area contributed by atoms with Crippen molar-refractivity contribution >= 4 is 28.5 Å². The van der Waals surface area contributed by atoms with Crippen molar-refractivity contribution in [3.8, 4) is 0 Å². The van der Waals surface area contributed by atoms with Crippen LogP contribution in [0, 0.1) is 6.92 Å². The Morgan fingerprint density at radius 1 is 1.14 bits per heavy atom. The normalized spacial score (nSPS) is 14.2. The lowest BCUT2D eigenvalue weighted by Gasteiger charge is -2.11. The highest BCUT2D eigenvalue weighted by Crippen LogP contribution is 2.19. The average molecular weight is 391 g/mol. The van der Waals surface area contributed by atoms with Crippen LogP contribution in [0.4, 0.5) is 5.69 Å². The summed E-state index contributed by atoms with van der Waals surface area (Å²) < 4.78 is 1.71. The monoisotopic (exact) mass is 391 g/mol. The molecule has 3 aromatic rings. The molecular formula is C22H25N5O2. The van der Waals surface area contributed by atoms with Crippen molar-refractivity contribution in [2.75, 3.05) is 5.32 Å². The first-order chi connectivity index (χ1) is 14.1. The van der Waals surface area contributed by atoms with Crippen molar-refractivity contribution in [2.24, 2.45) is 0 Å². The van der Waals surface area contributed by atoms with Crippen LogP contribution in [0.15, 0.2) is 42.5 Å². The smallest absolute Gasteiger partial charge is 0.255 e. The molecule has 2 amide bonds. The molecule has 1 aliphatic rings. The number of aromatic nitrogens is 3. The van der Waals surface area contributed by atoms with E-state index in [1.165, 1.54) is 12.8 Å². The van der Waals surface area contributed by atoms with Crippen molar-refractivity contribution < 1.29 is 9.59 Å². The number of hydrogen-bond donors (Lipinski definition) is 2. The molecule has 1 heterocycles. The van der Waals surface area contributed by atoms with Gasteiger partial charge in [0.1, 0.15) is 5.52 Å². The highest BCUT2D eigenvalue weighted by atomic mass is 16.2. The first-order valence-corrected chi connectivity index (χ1v) is 10.1. The van der Waals surface area contributed by atoms with Gasteiger partial charge in [-0.3, -0.25) is 9.59 Å². The number of anilines is 1. The van der Waals surface area contributed by atoms with Gasteiger partial charge in [-0.25, -0.2) is 4.68 Å². The number of para-hydroxylation sites is 1. The number of aryl methyl sites for hydroxylation is 2. The number of amides is 2. The molecule has 0 bridgehead atoms. The molecule has 2 aromatic carbocycles. The molecule has 0 saturated heterocycles. The fourth-order valence-corrected chi connectivity index (χ4v) is 3.76. The summed E-state index contributed by atoms with van der Waals surface area (Å²) in [4.78, 5) is 24.7. The number of benzene rings is 2. The largest absolute Gasteiger partial charge is 0.353 e. The van der Waals surface area contributed by atoms with Crippen molar-refractivity contribution in [1.82, 2.24) is 20.3 Å². The minimum atomic E-state index is -0.188. The van der Waals surface area contributed by atoms with E-state index in [-0.39, 0.29) is 11.8 Å². The third-order valence-corrected chi connectivity index (χ3v) is 5.44. The molecule has 4 rings (SSSR count). The van der Waals surface area contributed by atoms with E-state index in [1.54, 1.807) is 16.8 Å². The molecule has 1 saturated carbocycles. The van der Waals surface area contributed by atoms with Crippen LogP contribution in [0.3, 0.4) is 0 Å². The molecule has 0 aliphatic heterocycles. The van der Waals surface area contributed by atoms with Gasteiger partial charge in [0.2, 0.25) is 5.91 Å². The molecule has 29 heavy (non-hydrogen) atoms. The molecule has 150 valence electrons. The third-order valence-electron chi connectivity index (χ3n) is 5.44. The summed E-state index contributed by atoms with van der Waals surface area (Å²) in [7, 11) is 0. The number of hydrogen-bond acceptors (Lipinski definition) is 4. The summed E-state index contributed by atoms with van der Waals surface area (Å²) in [5.74, 6) is -0.138. The Hall–Kier alpha value is -3.22. The van der Waals surface area contributed by atoms with Crippen LogP contribution in [0.1, 0.15) is 48.0 Å². The van der Waals surface area contributed by atoms with E-state index in [1.807, 2.05) is 37.3 Å². The Kier molecular flexibility index (Phi) is 5.55. The van der Waals surface area contributed by atoms with Gasteiger partial charge in [0.25, 0.3) is 5.91 Å². The van der Waals surface area contributed by atoms with Crippen LogP contribution in [0.5, 0.6) is 0 Å². The van der Waals surface area contributed by atoms with Crippen molar-refractivity contribution in [3.05, 3.63) is 53.6 Å². The summed E-state index contributed by atoms with van der Waals surface area (Å²) in [6.45, 7) is 2.41. The van der Waals surface area contributed by atoms with Gasteiger partial charge in [0.15, 0.2) is 0 Å². The molecule has 0 radical (unpaired) electrons. The fraction of sp³-hybridized carbons (Fsp3) is 0.364. The van der Waals surface area contributed by atoms with Gasteiger partial charge in [-0.1, -0.05) is 36.3 Å². The predicted molar refractivity (Wildman–Crippen MR) is 112 cm³/mol. The number of carbonyl (C=O) groups excluding carboxylic acids is 2. The minimum Gasteiger partial charge on any atom is -0.353 e. The van der Waals surface area contributed by atoms with Crippen LogP contribution in [-0.2, 0) is 11.3 Å². The van der Waals surface area contributed by atoms with Crippen LogP contribution >= 0.6 is 0 Å². The first kappa shape index (κ1) is 19.1. The molecule has 2 N–H and O–H groups in total. The minimum absolute atomic E-state index is 0.0507. The van der Waals surface area contributed by atoms with Crippen molar-refractivity contribution in [2.45, 2.75) is 51.6 Å². The summed E-state index contributed by atoms with van der Waals surface area (Å²) in [5.41, 5.74) is 3.76. The fourth-order valence-electron chi connectivity index (χ4n) is 3.76. The second-order valence-electron chi connectivity index (χ2n) is 7.58. The Labute approximate surface area is 169 Å². The van der Waals surface area contributed by atoms with E-state index in [0.717, 1.165) is 29.6 Å². The molecule has 7 nitrogen and oxygen atoms in total. The van der Waals surface area contributed by atoms with Gasteiger partial charge < -0.3 is 10.6 Å². The van der Waals surface area contributed by atoms with Gasteiger partial charge in [-0.05, 0) is 49.6 Å². The topological polar surface area (TPSA) is 88.9 Å². The van der Waals surface area contributed by atoms with Gasteiger partial charge in [0.05, 0.1) is 12.1 Å². The summed E-state index contributed by atoms with van der Waals surface area (Å²) in [6, 6.07) is 13.3. The lowest BCUT2D eigenvalue weighted by atomic mass is 10.1. The highest BCUT2D eigenvalue weighted by molar-refractivity contribution is 6.06. The zero-order valence-electron chi connectivity index (χ0n) is 16.5. The first-order valence-electron chi connectivity index (χ1n) is 10.1. The molecule has 7 heteroatoms. The Bertz CT molecular complexity index is 1040. The summed E-state index contributed by atoms with van der Waals surface area (Å²) in [6.07, 6.45) is 4.90. The number of nitrogens with one attached hydrogen (secondary N) is 2. The summed E-state index contributed by atoms with van der Waals surface area (Å²) in [5, 5.41) is 14.3. The maximum absolute atomic E-state index is 12.6. The zero-order chi connectivity index (χ0) is 20.2. The van der Waals surface area contributed by atoms with Gasteiger partial charge >= 0.3 is 0 Å².